The average molecular weight is 337 g/mol. The van der Waals surface area contributed by atoms with E-state index < -0.39 is 50.3 Å². The first kappa shape index (κ1) is 16.8. The largest absolute Gasteiger partial charge is 0.481 e. The lowest BCUT2D eigenvalue weighted by Crippen LogP contribution is -2.47. The van der Waals surface area contributed by atoms with Gasteiger partial charge in [-0.1, -0.05) is 0 Å². The monoisotopic (exact) mass is 337 g/mol. The summed E-state index contributed by atoms with van der Waals surface area (Å²) in [6.07, 6.45) is 0.622. The van der Waals surface area contributed by atoms with Crippen molar-refractivity contribution >= 4 is 16.0 Å². The van der Waals surface area contributed by atoms with Gasteiger partial charge in [-0.25, -0.2) is 21.6 Å². The Morgan fingerprint density at radius 3 is 2.27 bits per heavy atom. The van der Waals surface area contributed by atoms with E-state index in [1.807, 2.05) is 0 Å². The van der Waals surface area contributed by atoms with Gasteiger partial charge in [-0.15, -0.1) is 0 Å². The molecule has 22 heavy (non-hydrogen) atoms. The van der Waals surface area contributed by atoms with Crippen molar-refractivity contribution in [2.75, 3.05) is 6.54 Å². The van der Waals surface area contributed by atoms with Crippen LogP contribution in [0.1, 0.15) is 19.8 Å². The Morgan fingerprint density at radius 2 is 1.77 bits per heavy atom. The number of piperidine rings is 1. The predicted octanol–water partition coefficient (Wildman–Crippen LogP) is 1.98. The molecule has 1 aliphatic rings. The second-order valence-corrected chi connectivity index (χ2v) is 7.13. The van der Waals surface area contributed by atoms with Crippen LogP contribution >= 0.6 is 0 Å². The fourth-order valence-electron chi connectivity index (χ4n) is 2.43. The van der Waals surface area contributed by atoms with Crippen LogP contribution in [0.15, 0.2) is 17.0 Å². The summed E-state index contributed by atoms with van der Waals surface area (Å²) < 4.78 is 65.3. The van der Waals surface area contributed by atoms with Crippen molar-refractivity contribution in [2.24, 2.45) is 5.92 Å². The zero-order chi connectivity index (χ0) is 16.7. The second kappa shape index (κ2) is 5.88. The van der Waals surface area contributed by atoms with Crippen LogP contribution in [0.5, 0.6) is 0 Å². The number of carboxylic acid groups (broad SMARTS) is 1. The molecule has 9 heteroatoms. The molecule has 0 spiro atoms. The van der Waals surface area contributed by atoms with E-state index in [1.165, 1.54) is 0 Å². The minimum Gasteiger partial charge on any atom is -0.481 e. The molecule has 1 aromatic carbocycles. The van der Waals surface area contributed by atoms with Gasteiger partial charge in [0.15, 0.2) is 17.5 Å². The van der Waals surface area contributed by atoms with Gasteiger partial charge in [0.05, 0.1) is 10.8 Å². The smallest absolute Gasteiger partial charge is 0.307 e. The number of benzene rings is 1. The first-order valence-electron chi connectivity index (χ1n) is 6.53. The molecule has 5 nitrogen and oxygen atoms in total. The fraction of sp³-hybridized carbons (Fsp3) is 0.462. The molecule has 0 saturated carbocycles. The highest BCUT2D eigenvalue weighted by Crippen LogP contribution is 2.29. The summed E-state index contributed by atoms with van der Waals surface area (Å²) in [6.45, 7) is 1.28. The van der Waals surface area contributed by atoms with Gasteiger partial charge in [0.25, 0.3) is 0 Å². The van der Waals surface area contributed by atoms with Gasteiger partial charge in [-0.2, -0.15) is 4.31 Å². The molecule has 1 fully saturated rings. The third-order valence-electron chi connectivity index (χ3n) is 3.74. The standard InChI is InChI=1S/C13H14F3NO4S/c1-7-2-3-8(13(18)19)6-17(7)22(20,21)9-4-10(14)12(16)11(15)5-9/h4-5,7-8H,2-3,6H2,1H3,(H,18,19). The van der Waals surface area contributed by atoms with Gasteiger partial charge in [-0.3, -0.25) is 4.79 Å². The Balaban J connectivity index is 2.42. The highest BCUT2D eigenvalue weighted by Gasteiger charge is 2.38. The summed E-state index contributed by atoms with van der Waals surface area (Å²) >= 11 is 0. The molecule has 0 aromatic heterocycles. The van der Waals surface area contributed by atoms with Crippen molar-refractivity contribution in [3.8, 4) is 0 Å². The molecule has 0 aliphatic carbocycles. The minimum absolute atomic E-state index is 0.292. The molecule has 2 atom stereocenters. The SMILES string of the molecule is CC1CCC(C(=O)O)CN1S(=O)(=O)c1cc(F)c(F)c(F)c1. The van der Waals surface area contributed by atoms with Crippen LogP contribution in [0.2, 0.25) is 0 Å². The predicted molar refractivity (Wildman–Crippen MR) is 70.0 cm³/mol. The number of carboxylic acids is 1. The number of rotatable bonds is 3. The molecule has 1 saturated heterocycles. The van der Waals surface area contributed by atoms with E-state index in [-0.39, 0.29) is 6.54 Å². The summed E-state index contributed by atoms with van der Waals surface area (Å²) in [4.78, 5) is 10.3. The van der Waals surface area contributed by atoms with Gasteiger partial charge < -0.3 is 5.11 Å². The lowest BCUT2D eigenvalue weighted by atomic mass is 9.96. The van der Waals surface area contributed by atoms with Crippen molar-refractivity contribution in [1.29, 1.82) is 0 Å². The van der Waals surface area contributed by atoms with E-state index in [9.17, 15) is 26.4 Å². The van der Waals surface area contributed by atoms with Gasteiger partial charge in [0, 0.05) is 12.6 Å². The molecular weight excluding hydrogens is 323 g/mol. The quantitative estimate of drug-likeness (QED) is 0.856. The van der Waals surface area contributed by atoms with E-state index in [1.54, 1.807) is 6.92 Å². The van der Waals surface area contributed by atoms with Gasteiger partial charge in [0.1, 0.15) is 0 Å². The molecule has 1 N–H and O–H groups in total. The zero-order valence-corrected chi connectivity index (χ0v) is 12.4. The summed E-state index contributed by atoms with van der Waals surface area (Å²) in [5, 5.41) is 9.01. The minimum atomic E-state index is -4.32. The number of sulfonamides is 1. The van der Waals surface area contributed by atoms with E-state index in [2.05, 4.69) is 0 Å². The zero-order valence-electron chi connectivity index (χ0n) is 11.6. The van der Waals surface area contributed by atoms with Gasteiger partial charge >= 0.3 is 5.97 Å². The van der Waals surface area contributed by atoms with Crippen LogP contribution < -0.4 is 0 Å². The number of aliphatic carboxylic acids is 1. The number of hydrogen-bond acceptors (Lipinski definition) is 3. The van der Waals surface area contributed by atoms with Crippen molar-refractivity contribution in [3.05, 3.63) is 29.6 Å². The number of halogens is 3. The van der Waals surface area contributed by atoms with Crippen molar-refractivity contribution < 1.29 is 31.5 Å². The third-order valence-corrected chi connectivity index (χ3v) is 5.70. The molecule has 0 radical (unpaired) electrons. The fourth-order valence-corrected chi connectivity index (χ4v) is 4.16. The van der Waals surface area contributed by atoms with Gasteiger partial charge in [0.2, 0.25) is 10.0 Å². The summed E-state index contributed by atoms with van der Waals surface area (Å²) in [6, 6.07) is 0.271. The van der Waals surface area contributed by atoms with Crippen molar-refractivity contribution in [2.45, 2.75) is 30.7 Å². The van der Waals surface area contributed by atoms with Gasteiger partial charge in [-0.05, 0) is 31.9 Å². The Hall–Kier alpha value is -1.61. The summed E-state index contributed by atoms with van der Waals surface area (Å²) in [7, 11) is -4.32. The highest BCUT2D eigenvalue weighted by molar-refractivity contribution is 7.89. The van der Waals surface area contributed by atoms with E-state index in [4.69, 9.17) is 5.11 Å². The average Bonchev–Trinajstić information content (AvgIpc) is 2.44. The third kappa shape index (κ3) is 2.95. The molecule has 2 rings (SSSR count). The summed E-state index contributed by atoms with van der Waals surface area (Å²) in [5.41, 5.74) is 0. The maximum Gasteiger partial charge on any atom is 0.307 e. The lowest BCUT2D eigenvalue weighted by molar-refractivity contribution is -0.143. The molecule has 1 heterocycles. The molecule has 0 amide bonds. The molecule has 1 aliphatic heterocycles. The molecule has 0 bridgehead atoms. The molecule has 1 aromatic rings. The molecular formula is C13H14F3NO4S. The number of nitrogens with zero attached hydrogens (tertiary/aromatic N) is 1. The Labute approximate surface area is 125 Å². The van der Waals surface area contributed by atoms with Crippen LogP contribution in [-0.2, 0) is 14.8 Å². The maximum atomic E-state index is 13.2. The van der Waals surface area contributed by atoms with Crippen LogP contribution in [0.3, 0.4) is 0 Å². The second-order valence-electron chi connectivity index (χ2n) is 5.24. The highest BCUT2D eigenvalue weighted by atomic mass is 32.2. The van der Waals surface area contributed by atoms with Crippen LogP contribution in [0.25, 0.3) is 0 Å². The van der Waals surface area contributed by atoms with Crippen molar-refractivity contribution in [3.63, 3.8) is 0 Å². The van der Waals surface area contributed by atoms with E-state index in [0.29, 0.717) is 25.0 Å². The topological polar surface area (TPSA) is 74.7 Å². The number of hydrogen-bond donors (Lipinski definition) is 1. The van der Waals surface area contributed by atoms with E-state index in [0.717, 1.165) is 4.31 Å². The van der Waals surface area contributed by atoms with Crippen LogP contribution in [0, 0.1) is 23.4 Å². The first-order chi connectivity index (χ1) is 10.1. The lowest BCUT2D eigenvalue weighted by Gasteiger charge is -2.35. The number of carbonyl (C=O) groups is 1. The Bertz CT molecular complexity index is 684. The van der Waals surface area contributed by atoms with Crippen LogP contribution in [0.4, 0.5) is 13.2 Å². The normalized spacial score (nSPS) is 23.5. The maximum absolute atomic E-state index is 13.2. The summed E-state index contributed by atoms with van der Waals surface area (Å²) in [5.74, 6) is -7.00. The van der Waals surface area contributed by atoms with E-state index >= 15 is 0 Å². The Morgan fingerprint density at radius 1 is 1.23 bits per heavy atom. The molecule has 122 valence electrons. The van der Waals surface area contributed by atoms with Crippen LogP contribution in [-0.4, -0.2) is 36.4 Å². The van der Waals surface area contributed by atoms with Crippen molar-refractivity contribution in [1.82, 2.24) is 4.31 Å². The molecule has 2 unspecified atom stereocenters. The Kier molecular flexibility index (Phi) is 4.48. The first-order valence-corrected chi connectivity index (χ1v) is 7.97.